The van der Waals surface area contributed by atoms with Gasteiger partial charge in [0.15, 0.2) is 11.5 Å². The van der Waals surface area contributed by atoms with Gasteiger partial charge in [-0.1, -0.05) is 45.1 Å². The van der Waals surface area contributed by atoms with Gasteiger partial charge in [-0.3, -0.25) is 0 Å². The highest BCUT2D eigenvalue weighted by molar-refractivity contribution is 7.88. The lowest BCUT2D eigenvalue weighted by Crippen LogP contribution is -2.26. The van der Waals surface area contributed by atoms with Gasteiger partial charge in [-0.2, -0.15) is 0 Å². The molecule has 0 amide bonds. The summed E-state index contributed by atoms with van der Waals surface area (Å²) >= 11 is 0. The molecule has 6 nitrogen and oxygen atoms in total. The van der Waals surface area contributed by atoms with Crippen molar-refractivity contribution in [3.8, 4) is 11.5 Å². The molecule has 0 bridgehead atoms. The second-order valence-electron chi connectivity index (χ2n) is 6.04. The topological polar surface area (TPSA) is 90.7 Å². The van der Waals surface area contributed by atoms with Crippen molar-refractivity contribution >= 4 is 10.0 Å². The third-order valence-corrected chi connectivity index (χ3v) is 5.17. The van der Waals surface area contributed by atoms with Gasteiger partial charge in [-0.25, -0.2) is 13.1 Å². The minimum Gasteiger partial charge on any atom is -0.493 e. The molecule has 0 aromatic heterocycles. The number of nitrogens with one attached hydrogen (secondary N) is 1. The zero-order valence-electron chi connectivity index (χ0n) is 15.4. The van der Waals surface area contributed by atoms with E-state index in [0.29, 0.717) is 36.8 Å². The number of nitrogens with two attached hydrogens (primary N) is 1. The van der Waals surface area contributed by atoms with Crippen molar-refractivity contribution in [1.29, 1.82) is 0 Å². The second-order valence-corrected chi connectivity index (χ2v) is 7.85. The largest absolute Gasteiger partial charge is 0.493 e. The third-order valence-electron chi connectivity index (χ3n) is 3.81. The molecule has 0 saturated heterocycles. The molecule has 0 aliphatic heterocycles. The lowest BCUT2D eigenvalue weighted by molar-refractivity contribution is 0.302. The predicted octanol–water partition coefficient (Wildman–Crippen LogP) is 2.81. The molecule has 1 rings (SSSR count). The molecule has 1 aromatic carbocycles. The highest BCUT2D eigenvalue weighted by Crippen LogP contribution is 2.28. The molecule has 0 atom stereocenters. The Hall–Kier alpha value is -1.31. The molecule has 0 radical (unpaired) electrons. The average Bonchev–Trinajstić information content (AvgIpc) is 2.59. The Morgan fingerprint density at radius 3 is 2.48 bits per heavy atom. The first kappa shape index (κ1) is 21.7. The van der Waals surface area contributed by atoms with Crippen molar-refractivity contribution in [2.24, 2.45) is 5.73 Å². The number of benzene rings is 1. The summed E-state index contributed by atoms with van der Waals surface area (Å²) in [7, 11) is -1.83. The van der Waals surface area contributed by atoms with Crippen LogP contribution in [0.15, 0.2) is 18.2 Å². The van der Waals surface area contributed by atoms with E-state index < -0.39 is 10.0 Å². The van der Waals surface area contributed by atoms with Crippen LogP contribution in [0.2, 0.25) is 0 Å². The van der Waals surface area contributed by atoms with Crippen LogP contribution in [0.4, 0.5) is 0 Å². The van der Waals surface area contributed by atoms with Crippen LogP contribution >= 0.6 is 0 Å². The molecule has 1 aromatic rings. The third kappa shape index (κ3) is 9.09. The van der Waals surface area contributed by atoms with Gasteiger partial charge < -0.3 is 15.2 Å². The molecule has 0 fully saturated rings. The Kier molecular flexibility index (Phi) is 10.5. The second kappa shape index (κ2) is 12.1. The van der Waals surface area contributed by atoms with E-state index in [1.54, 1.807) is 18.2 Å². The minimum absolute atomic E-state index is 0.0731. The Balaban J connectivity index is 2.47. The van der Waals surface area contributed by atoms with E-state index in [1.807, 2.05) is 0 Å². The lowest BCUT2D eigenvalue weighted by atomic mass is 10.1. The van der Waals surface area contributed by atoms with Crippen LogP contribution in [0.5, 0.6) is 11.5 Å². The maximum atomic E-state index is 12.2. The molecule has 3 N–H and O–H groups in total. The van der Waals surface area contributed by atoms with Crippen molar-refractivity contribution in [2.45, 2.75) is 51.2 Å². The zero-order chi connectivity index (χ0) is 18.5. The SMILES string of the molecule is CCCCCCCCNS(=O)(=O)Cc1ccc(OCCN)c(OC)c1. The maximum absolute atomic E-state index is 12.2. The van der Waals surface area contributed by atoms with Gasteiger partial charge in [0.25, 0.3) is 0 Å². The van der Waals surface area contributed by atoms with Crippen molar-refractivity contribution in [3.05, 3.63) is 23.8 Å². The van der Waals surface area contributed by atoms with Crippen LogP contribution in [-0.2, 0) is 15.8 Å². The van der Waals surface area contributed by atoms with Gasteiger partial charge in [0.05, 0.1) is 12.9 Å². The monoisotopic (exact) mass is 372 g/mol. The first-order valence-corrected chi connectivity index (χ1v) is 10.6. The maximum Gasteiger partial charge on any atom is 0.215 e. The van der Waals surface area contributed by atoms with Crippen molar-refractivity contribution in [1.82, 2.24) is 4.72 Å². The smallest absolute Gasteiger partial charge is 0.215 e. The van der Waals surface area contributed by atoms with Gasteiger partial charge in [-0.15, -0.1) is 0 Å². The molecule has 0 saturated carbocycles. The summed E-state index contributed by atoms with van der Waals surface area (Å²) in [5.74, 6) is 1.00. The quantitative estimate of drug-likeness (QED) is 0.490. The summed E-state index contributed by atoms with van der Waals surface area (Å²) < 4.78 is 37.8. The Bertz CT molecular complexity index is 591. The summed E-state index contributed by atoms with van der Waals surface area (Å²) in [6.45, 7) is 3.46. The highest BCUT2D eigenvalue weighted by atomic mass is 32.2. The molecule has 25 heavy (non-hydrogen) atoms. The summed E-state index contributed by atoms with van der Waals surface area (Å²) in [4.78, 5) is 0. The molecular formula is C18H32N2O4S. The number of methoxy groups -OCH3 is 1. The average molecular weight is 373 g/mol. The van der Waals surface area contributed by atoms with E-state index in [-0.39, 0.29) is 5.75 Å². The number of unbranched alkanes of at least 4 members (excludes halogenated alkanes) is 5. The van der Waals surface area contributed by atoms with Crippen molar-refractivity contribution < 1.29 is 17.9 Å². The molecule has 0 heterocycles. The van der Waals surface area contributed by atoms with Crippen molar-refractivity contribution in [2.75, 3.05) is 26.8 Å². The van der Waals surface area contributed by atoms with Crippen LogP contribution in [-0.4, -0.2) is 35.2 Å². The highest BCUT2D eigenvalue weighted by Gasteiger charge is 2.13. The molecule has 0 spiro atoms. The van der Waals surface area contributed by atoms with Crippen LogP contribution in [0.1, 0.15) is 51.0 Å². The number of ether oxygens (including phenoxy) is 2. The summed E-state index contributed by atoms with van der Waals surface area (Å²) in [5, 5.41) is 0. The van der Waals surface area contributed by atoms with Gasteiger partial charge in [0, 0.05) is 13.1 Å². The van der Waals surface area contributed by atoms with Crippen molar-refractivity contribution in [3.63, 3.8) is 0 Å². The molecule has 0 unspecified atom stereocenters. The molecule has 0 aliphatic carbocycles. The Morgan fingerprint density at radius 2 is 1.80 bits per heavy atom. The molecular weight excluding hydrogens is 340 g/mol. The normalized spacial score (nSPS) is 11.5. The first-order chi connectivity index (χ1) is 12.0. The van der Waals surface area contributed by atoms with E-state index >= 15 is 0 Å². The van der Waals surface area contributed by atoms with E-state index in [0.717, 1.165) is 19.3 Å². The number of hydrogen-bond donors (Lipinski definition) is 2. The van der Waals surface area contributed by atoms with E-state index in [9.17, 15) is 8.42 Å². The molecule has 144 valence electrons. The molecule has 7 heteroatoms. The number of rotatable bonds is 14. The lowest BCUT2D eigenvalue weighted by Gasteiger charge is -2.12. The Labute approximate surface area is 152 Å². The standard InChI is InChI=1S/C18H32N2O4S/c1-3-4-5-6-7-8-12-20-25(21,22)15-16-9-10-17(24-13-11-19)18(14-16)23-2/h9-10,14,20H,3-8,11-13,15,19H2,1-2H3. The summed E-state index contributed by atoms with van der Waals surface area (Å²) in [5.41, 5.74) is 6.08. The van der Waals surface area contributed by atoms with Gasteiger partial charge in [0.2, 0.25) is 10.0 Å². The predicted molar refractivity (Wildman–Crippen MR) is 102 cm³/mol. The fourth-order valence-corrected chi connectivity index (χ4v) is 3.67. The van der Waals surface area contributed by atoms with Crippen LogP contribution in [0, 0.1) is 0 Å². The molecule has 0 aliphatic rings. The van der Waals surface area contributed by atoms with Crippen LogP contribution in [0.3, 0.4) is 0 Å². The summed E-state index contributed by atoms with van der Waals surface area (Å²) in [6, 6.07) is 5.14. The first-order valence-electron chi connectivity index (χ1n) is 8.99. The number of hydrogen-bond acceptors (Lipinski definition) is 5. The fourth-order valence-electron chi connectivity index (χ4n) is 2.49. The van der Waals surface area contributed by atoms with Gasteiger partial charge in [0.1, 0.15) is 6.61 Å². The fraction of sp³-hybridized carbons (Fsp3) is 0.667. The minimum atomic E-state index is -3.35. The van der Waals surface area contributed by atoms with E-state index in [2.05, 4.69) is 11.6 Å². The number of sulfonamides is 1. The Morgan fingerprint density at radius 1 is 1.08 bits per heavy atom. The van der Waals surface area contributed by atoms with Crippen LogP contribution in [0.25, 0.3) is 0 Å². The van der Waals surface area contributed by atoms with Gasteiger partial charge in [-0.05, 0) is 24.1 Å². The van der Waals surface area contributed by atoms with Crippen LogP contribution < -0.4 is 19.9 Å². The zero-order valence-corrected chi connectivity index (χ0v) is 16.2. The summed E-state index contributed by atoms with van der Waals surface area (Å²) in [6.07, 6.45) is 6.78. The van der Waals surface area contributed by atoms with Gasteiger partial charge >= 0.3 is 0 Å². The van der Waals surface area contributed by atoms with E-state index in [4.69, 9.17) is 15.2 Å². The van der Waals surface area contributed by atoms with E-state index in [1.165, 1.54) is 26.4 Å².